The SMILES string of the molecule is CN1CCN(C(=O)CC2CCN(C(=O)Nc3cc(Cl)ccc3Cl)CC2)CC1. The first-order valence-electron chi connectivity index (χ1n) is 9.39. The normalized spacial score (nSPS) is 19.2. The van der Waals surface area contributed by atoms with Crippen LogP contribution in [0.2, 0.25) is 10.0 Å². The lowest BCUT2D eigenvalue weighted by Gasteiger charge is -2.35. The minimum atomic E-state index is -0.178. The van der Waals surface area contributed by atoms with Crippen molar-refractivity contribution in [2.45, 2.75) is 19.3 Å². The highest BCUT2D eigenvalue weighted by Gasteiger charge is 2.27. The van der Waals surface area contributed by atoms with Gasteiger partial charge < -0.3 is 20.0 Å². The van der Waals surface area contributed by atoms with Gasteiger partial charge in [-0.1, -0.05) is 23.2 Å². The summed E-state index contributed by atoms with van der Waals surface area (Å²) in [7, 11) is 2.08. The van der Waals surface area contributed by atoms with E-state index in [9.17, 15) is 9.59 Å². The molecule has 148 valence electrons. The number of urea groups is 1. The van der Waals surface area contributed by atoms with Gasteiger partial charge in [0.2, 0.25) is 5.91 Å². The number of amides is 3. The molecule has 2 aliphatic rings. The minimum Gasteiger partial charge on any atom is -0.340 e. The molecule has 1 N–H and O–H groups in total. The summed E-state index contributed by atoms with van der Waals surface area (Å²) in [5.41, 5.74) is 0.515. The molecule has 2 aliphatic heterocycles. The molecule has 8 heteroatoms. The summed E-state index contributed by atoms with van der Waals surface area (Å²) in [5, 5.41) is 3.81. The second-order valence-electron chi connectivity index (χ2n) is 7.37. The number of piperazine rings is 1. The Balaban J connectivity index is 1.45. The monoisotopic (exact) mass is 412 g/mol. The Kier molecular flexibility index (Phi) is 6.84. The number of hydrogen-bond acceptors (Lipinski definition) is 3. The van der Waals surface area contributed by atoms with Crippen LogP contribution < -0.4 is 5.32 Å². The summed E-state index contributed by atoms with van der Waals surface area (Å²) in [4.78, 5) is 30.9. The van der Waals surface area contributed by atoms with Crippen LogP contribution in [0.5, 0.6) is 0 Å². The molecule has 3 rings (SSSR count). The molecule has 0 atom stereocenters. The van der Waals surface area contributed by atoms with Crippen LogP contribution in [0.4, 0.5) is 10.5 Å². The number of likely N-dealkylation sites (N-methyl/N-ethyl adjacent to an activating group) is 1. The van der Waals surface area contributed by atoms with Crippen molar-refractivity contribution in [1.82, 2.24) is 14.7 Å². The molecule has 0 aromatic heterocycles. The molecular formula is C19H26Cl2N4O2. The van der Waals surface area contributed by atoms with E-state index in [4.69, 9.17) is 23.2 Å². The number of hydrogen-bond donors (Lipinski definition) is 1. The first-order chi connectivity index (χ1) is 12.9. The molecule has 2 heterocycles. The van der Waals surface area contributed by atoms with Crippen molar-refractivity contribution >= 4 is 40.8 Å². The Morgan fingerprint density at radius 1 is 1.04 bits per heavy atom. The van der Waals surface area contributed by atoms with Gasteiger partial charge in [-0.15, -0.1) is 0 Å². The van der Waals surface area contributed by atoms with Crippen molar-refractivity contribution in [3.8, 4) is 0 Å². The van der Waals surface area contributed by atoms with Crippen molar-refractivity contribution in [1.29, 1.82) is 0 Å². The Morgan fingerprint density at radius 2 is 1.70 bits per heavy atom. The fraction of sp³-hybridized carbons (Fsp3) is 0.579. The van der Waals surface area contributed by atoms with Crippen LogP contribution in [0.15, 0.2) is 18.2 Å². The van der Waals surface area contributed by atoms with Gasteiger partial charge in [0, 0.05) is 50.7 Å². The van der Waals surface area contributed by atoms with Crippen LogP contribution in [-0.4, -0.2) is 73.0 Å². The third-order valence-electron chi connectivity index (χ3n) is 5.39. The van der Waals surface area contributed by atoms with Crippen LogP contribution in [0.3, 0.4) is 0 Å². The predicted octanol–water partition coefficient (Wildman–Crippen LogP) is 3.40. The number of halogens is 2. The number of nitrogens with zero attached hydrogens (tertiary/aromatic N) is 3. The Labute approximate surface area is 170 Å². The maximum atomic E-state index is 12.5. The van der Waals surface area contributed by atoms with Crippen molar-refractivity contribution in [2.24, 2.45) is 5.92 Å². The summed E-state index contributed by atoms with van der Waals surface area (Å²) >= 11 is 12.1. The van der Waals surface area contributed by atoms with Gasteiger partial charge in [0.1, 0.15) is 0 Å². The number of carbonyl (C=O) groups excluding carboxylic acids is 2. The lowest BCUT2D eigenvalue weighted by Crippen LogP contribution is -2.48. The van der Waals surface area contributed by atoms with Gasteiger partial charge in [-0.05, 0) is 44.0 Å². The second-order valence-corrected chi connectivity index (χ2v) is 8.22. The largest absolute Gasteiger partial charge is 0.340 e. The van der Waals surface area contributed by atoms with Crippen molar-refractivity contribution in [3.05, 3.63) is 28.2 Å². The zero-order chi connectivity index (χ0) is 19.4. The van der Waals surface area contributed by atoms with E-state index in [0.29, 0.717) is 41.2 Å². The van der Waals surface area contributed by atoms with Gasteiger partial charge in [0.05, 0.1) is 10.7 Å². The first-order valence-corrected chi connectivity index (χ1v) is 10.2. The summed E-state index contributed by atoms with van der Waals surface area (Å²) < 4.78 is 0. The van der Waals surface area contributed by atoms with E-state index >= 15 is 0 Å². The fourth-order valence-electron chi connectivity index (χ4n) is 3.56. The van der Waals surface area contributed by atoms with E-state index < -0.39 is 0 Å². The zero-order valence-corrected chi connectivity index (χ0v) is 17.1. The topological polar surface area (TPSA) is 55.9 Å². The summed E-state index contributed by atoms with van der Waals surface area (Å²) in [6.07, 6.45) is 2.27. The number of anilines is 1. The molecule has 27 heavy (non-hydrogen) atoms. The van der Waals surface area contributed by atoms with Crippen LogP contribution in [0, 0.1) is 5.92 Å². The fourth-order valence-corrected chi connectivity index (χ4v) is 3.90. The highest BCUT2D eigenvalue weighted by atomic mass is 35.5. The minimum absolute atomic E-state index is 0.178. The molecule has 0 saturated carbocycles. The van der Waals surface area contributed by atoms with Gasteiger partial charge in [0.15, 0.2) is 0 Å². The lowest BCUT2D eigenvalue weighted by atomic mass is 9.93. The molecule has 0 bridgehead atoms. The molecule has 3 amide bonds. The molecule has 2 saturated heterocycles. The van der Waals surface area contributed by atoms with Crippen LogP contribution >= 0.6 is 23.2 Å². The van der Waals surface area contributed by atoms with E-state index in [1.807, 2.05) is 4.90 Å². The second kappa shape index (κ2) is 9.13. The Bertz CT molecular complexity index is 684. The third kappa shape index (κ3) is 5.50. The third-order valence-corrected chi connectivity index (χ3v) is 5.96. The predicted molar refractivity (Wildman–Crippen MR) is 108 cm³/mol. The van der Waals surface area contributed by atoms with Gasteiger partial charge in [-0.3, -0.25) is 4.79 Å². The average molecular weight is 413 g/mol. The number of piperidine rings is 1. The number of likely N-dealkylation sites (tertiary alicyclic amines) is 1. The smallest absolute Gasteiger partial charge is 0.321 e. The Morgan fingerprint density at radius 3 is 2.37 bits per heavy atom. The van der Waals surface area contributed by atoms with E-state index in [2.05, 4.69) is 17.3 Å². The Hall–Kier alpha value is -1.50. The van der Waals surface area contributed by atoms with Crippen LogP contribution in [0.1, 0.15) is 19.3 Å². The van der Waals surface area contributed by atoms with Crippen molar-refractivity contribution in [2.75, 3.05) is 51.6 Å². The van der Waals surface area contributed by atoms with Gasteiger partial charge in [0.25, 0.3) is 0 Å². The summed E-state index contributed by atoms with van der Waals surface area (Å²) in [5.74, 6) is 0.590. The number of nitrogens with one attached hydrogen (secondary N) is 1. The standard InChI is InChI=1S/C19H26Cl2N4O2/c1-23-8-10-24(11-9-23)18(26)12-14-4-6-25(7-5-14)19(27)22-17-13-15(20)2-3-16(17)21/h2-3,13-14H,4-12H2,1H3,(H,22,27). The van der Waals surface area contributed by atoms with Crippen molar-refractivity contribution < 1.29 is 9.59 Å². The van der Waals surface area contributed by atoms with E-state index in [1.165, 1.54) is 0 Å². The van der Waals surface area contributed by atoms with Gasteiger partial charge in [-0.2, -0.15) is 0 Å². The van der Waals surface area contributed by atoms with E-state index in [0.717, 1.165) is 39.0 Å². The maximum absolute atomic E-state index is 12.5. The summed E-state index contributed by atoms with van der Waals surface area (Å²) in [6, 6.07) is 4.81. The highest BCUT2D eigenvalue weighted by Crippen LogP contribution is 2.27. The molecule has 0 radical (unpaired) electrons. The quantitative estimate of drug-likeness (QED) is 0.827. The first kappa shape index (κ1) is 20.2. The van der Waals surface area contributed by atoms with Crippen LogP contribution in [-0.2, 0) is 4.79 Å². The number of rotatable bonds is 3. The lowest BCUT2D eigenvalue weighted by molar-refractivity contribution is -0.134. The zero-order valence-electron chi connectivity index (χ0n) is 15.6. The molecule has 6 nitrogen and oxygen atoms in total. The average Bonchev–Trinajstić information content (AvgIpc) is 2.65. The van der Waals surface area contributed by atoms with E-state index in [-0.39, 0.29) is 11.9 Å². The highest BCUT2D eigenvalue weighted by molar-refractivity contribution is 6.35. The van der Waals surface area contributed by atoms with Crippen molar-refractivity contribution in [3.63, 3.8) is 0 Å². The number of carbonyl (C=O) groups is 2. The molecule has 0 spiro atoms. The van der Waals surface area contributed by atoms with Crippen LogP contribution in [0.25, 0.3) is 0 Å². The molecule has 1 aromatic carbocycles. The summed E-state index contributed by atoms with van der Waals surface area (Å²) in [6.45, 7) is 4.80. The van der Waals surface area contributed by atoms with Gasteiger partial charge in [-0.25, -0.2) is 4.79 Å². The maximum Gasteiger partial charge on any atom is 0.321 e. The molecule has 1 aromatic rings. The number of benzene rings is 1. The molecule has 0 aliphatic carbocycles. The molecule has 2 fully saturated rings. The molecule has 0 unspecified atom stereocenters. The molecular weight excluding hydrogens is 387 g/mol. The van der Waals surface area contributed by atoms with E-state index in [1.54, 1.807) is 23.1 Å². The van der Waals surface area contributed by atoms with Gasteiger partial charge >= 0.3 is 6.03 Å².